The lowest BCUT2D eigenvalue weighted by atomic mass is 9.92. The van der Waals surface area contributed by atoms with Gasteiger partial charge in [0.2, 0.25) is 0 Å². The molecule has 3 aromatic carbocycles. The lowest BCUT2D eigenvalue weighted by Gasteiger charge is -2.31. The Hall–Kier alpha value is -3.15. The highest BCUT2D eigenvalue weighted by molar-refractivity contribution is 14.1. The zero-order chi connectivity index (χ0) is 31.1. The Morgan fingerprint density at radius 1 is 0.805 bits per heavy atom. The van der Waals surface area contributed by atoms with Gasteiger partial charge in [-0.15, -0.1) is 0 Å². The summed E-state index contributed by atoms with van der Waals surface area (Å²) in [6, 6.07) is 6.63. The summed E-state index contributed by atoms with van der Waals surface area (Å²) in [6.07, 6.45) is -19.0. The normalized spacial score (nSPS) is 12.7. The molecule has 0 fully saturated rings. The Kier molecular flexibility index (Phi) is 8.89. The molecule has 0 radical (unpaired) electrons. The van der Waals surface area contributed by atoms with Crippen molar-refractivity contribution in [3.8, 4) is 0 Å². The number of halogens is 13. The number of benzene rings is 3. The van der Waals surface area contributed by atoms with Gasteiger partial charge in [-0.3, -0.25) is 9.59 Å². The van der Waals surface area contributed by atoms with Gasteiger partial charge < -0.3 is 5.32 Å². The number of hydrogen-bond donors (Lipinski definition) is 1. The smallest absolute Gasteiger partial charge is 0.322 e. The SMILES string of the molecule is O=C(Nc1cccc(C(=O)N(I)c2ccc(C(F)(C(F)(F)F)C(F)(F)F)cc2C(F)(F)F)c1)c1ccc(F)cc1Cl. The van der Waals surface area contributed by atoms with Gasteiger partial charge in [0, 0.05) is 16.8 Å². The summed E-state index contributed by atoms with van der Waals surface area (Å²) in [7, 11) is 0. The highest BCUT2D eigenvalue weighted by Crippen LogP contribution is 2.54. The van der Waals surface area contributed by atoms with Crippen molar-refractivity contribution in [1.29, 1.82) is 0 Å². The van der Waals surface area contributed by atoms with Crippen LogP contribution in [0.3, 0.4) is 0 Å². The maximum atomic E-state index is 14.4. The Labute approximate surface area is 241 Å². The molecule has 0 aromatic heterocycles. The molecule has 0 aliphatic rings. The third-order valence-corrected chi connectivity index (χ3v) is 6.68. The Balaban J connectivity index is 2.00. The second-order valence-corrected chi connectivity index (χ2v) is 9.50. The minimum Gasteiger partial charge on any atom is -0.322 e. The maximum Gasteiger partial charge on any atom is 0.435 e. The van der Waals surface area contributed by atoms with Crippen molar-refractivity contribution in [3.05, 3.63) is 93.8 Å². The van der Waals surface area contributed by atoms with E-state index in [4.69, 9.17) is 11.6 Å². The van der Waals surface area contributed by atoms with Gasteiger partial charge in [-0.25, -0.2) is 11.9 Å². The molecule has 0 saturated carbocycles. The van der Waals surface area contributed by atoms with Crippen molar-refractivity contribution in [2.24, 2.45) is 0 Å². The average Bonchev–Trinajstić information content (AvgIpc) is 2.85. The first kappa shape index (κ1) is 32.4. The summed E-state index contributed by atoms with van der Waals surface area (Å²) in [5, 5.41) is 2.07. The van der Waals surface area contributed by atoms with Crippen molar-refractivity contribution in [2.45, 2.75) is 24.2 Å². The molecule has 0 spiro atoms. The number of rotatable bonds is 5. The van der Waals surface area contributed by atoms with Crippen LogP contribution in [0.25, 0.3) is 0 Å². The van der Waals surface area contributed by atoms with E-state index >= 15 is 0 Å². The van der Waals surface area contributed by atoms with Crippen LogP contribution in [0.2, 0.25) is 5.02 Å². The number of anilines is 2. The number of nitrogens with zero attached hydrogens (tertiary/aromatic N) is 1. The molecule has 41 heavy (non-hydrogen) atoms. The van der Waals surface area contributed by atoms with Crippen molar-refractivity contribution in [1.82, 2.24) is 0 Å². The molecule has 0 saturated heterocycles. The molecule has 2 amide bonds. The predicted molar refractivity (Wildman–Crippen MR) is 133 cm³/mol. The van der Waals surface area contributed by atoms with E-state index in [0.29, 0.717) is 0 Å². The van der Waals surface area contributed by atoms with Gasteiger partial charge >= 0.3 is 24.2 Å². The monoisotopic (exact) mass is 730 g/mol. The molecule has 0 heterocycles. The van der Waals surface area contributed by atoms with Crippen molar-refractivity contribution >= 4 is 57.7 Å². The fourth-order valence-electron chi connectivity index (χ4n) is 3.46. The molecule has 0 unspecified atom stereocenters. The van der Waals surface area contributed by atoms with Gasteiger partial charge in [0.25, 0.3) is 11.8 Å². The molecule has 3 aromatic rings. The molecule has 17 heteroatoms. The van der Waals surface area contributed by atoms with Crippen LogP contribution in [0, 0.1) is 5.82 Å². The molecule has 0 bridgehead atoms. The van der Waals surface area contributed by atoms with Crippen molar-refractivity contribution < 1.29 is 57.9 Å². The van der Waals surface area contributed by atoms with E-state index in [9.17, 15) is 57.9 Å². The molecule has 0 aliphatic carbocycles. The fourth-order valence-corrected chi connectivity index (χ4v) is 4.41. The van der Waals surface area contributed by atoms with Crippen molar-refractivity contribution in [2.75, 3.05) is 8.43 Å². The number of alkyl halides is 10. The summed E-state index contributed by atoms with van der Waals surface area (Å²) >= 11 is 6.85. The second kappa shape index (κ2) is 11.3. The number of hydrogen-bond acceptors (Lipinski definition) is 2. The van der Waals surface area contributed by atoms with Crippen LogP contribution < -0.4 is 8.43 Å². The molecule has 1 N–H and O–H groups in total. The van der Waals surface area contributed by atoms with Crippen LogP contribution in [-0.4, -0.2) is 24.2 Å². The molecule has 3 rings (SSSR count). The Bertz CT molecular complexity index is 1480. The van der Waals surface area contributed by atoms with Crippen LogP contribution >= 0.6 is 34.5 Å². The van der Waals surface area contributed by atoms with Crippen LogP contribution in [0.4, 0.5) is 59.7 Å². The standard InChI is InChI=1S/C24H11ClF11IN2O2/c25-17-10-13(26)5-6-15(17)19(40)38-14-3-1-2-11(8-14)20(41)39(37)18-7-4-12(9-16(18)22(28,29)30)21(27,23(31,32)33)24(34,35)36/h1-10H,(H,38,40). The van der Waals surface area contributed by atoms with Gasteiger partial charge in [-0.2, -0.15) is 39.5 Å². The minimum atomic E-state index is -6.67. The third-order valence-electron chi connectivity index (χ3n) is 5.41. The summed E-state index contributed by atoms with van der Waals surface area (Å²) in [4.78, 5) is 25.4. The van der Waals surface area contributed by atoms with Crippen LogP contribution in [-0.2, 0) is 11.8 Å². The first-order valence-electron chi connectivity index (χ1n) is 10.6. The van der Waals surface area contributed by atoms with Gasteiger partial charge in [0.1, 0.15) is 5.82 Å². The van der Waals surface area contributed by atoms with Gasteiger partial charge in [0.15, 0.2) is 0 Å². The van der Waals surface area contributed by atoms with E-state index in [0.717, 1.165) is 53.2 Å². The molecular weight excluding hydrogens is 720 g/mol. The van der Waals surface area contributed by atoms with E-state index in [1.165, 1.54) is 12.1 Å². The Morgan fingerprint density at radius 2 is 1.41 bits per heavy atom. The van der Waals surface area contributed by atoms with E-state index in [1.807, 2.05) is 0 Å². The molecule has 0 atom stereocenters. The number of amides is 2. The fraction of sp³-hybridized carbons (Fsp3) is 0.167. The van der Waals surface area contributed by atoms with E-state index in [-0.39, 0.29) is 37.1 Å². The largest absolute Gasteiger partial charge is 0.435 e. The third kappa shape index (κ3) is 6.52. The lowest BCUT2D eigenvalue weighted by molar-refractivity contribution is -0.348. The van der Waals surface area contributed by atoms with Crippen molar-refractivity contribution in [3.63, 3.8) is 0 Å². The highest BCUT2D eigenvalue weighted by atomic mass is 127. The second-order valence-electron chi connectivity index (χ2n) is 8.13. The van der Waals surface area contributed by atoms with Crippen LogP contribution in [0.1, 0.15) is 31.8 Å². The molecule has 0 aliphatic heterocycles. The number of nitrogens with one attached hydrogen (secondary N) is 1. The number of carbonyl (C=O) groups is 2. The summed E-state index contributed by atoms with van der Waals surface area (Å²) in [5.74, 6) is -2.84. The lowest BCUT2D eigenvalue weighted by Crippen LogP contribution is -2.50. The first-order valence-corrected chi connectivity index (χ1v) is 11.9. The van der Waals surface area contributed by atoms with Crippen LogP contribution in [0.15, 0.2) is 60.7 Å². The summed E-state index contributed by atoms with van der Waals surface area (Å²) in [5.41, 5.74) is -12.5. The van der Waals surface area contributed by atoms with Gasteiger partial charge in [-0.1, -0.05) is 23.7 Å². The predicted octanol–water partition coefficient (Wildman–Crippen LogP) is 9.04. The molecular formula is C24H11ClF11IN2O2. The average molecular weight is 731 g/mol. The zero-order valence-corrected chi connectivity index (χ0v) is 22.4. The first-order chi connectivity index (χ1) is 18.7. The van der Waals surface area contributed by atoms with Gasteiger partial charge in [-0.05, 0) is 48.5 Å². The minimum absolute atomic E-state index is 0.0880. The summed E-state index contributed by atoms with van der Waals surface area (Å²) < 4.78 is 148. The Morgan fingerprint density at radius 3 is 1.95 bits per heavy atom. The zero-order valence-electron chi connectivity index (χ0n) is 19.5. The van der Waals surface area contributed by atoms with E-state index in [1.54, 1.807) is 0 Å². The quantitative estimate of drug-likeness (QED) is 0.162. The van der Waals surface area contributed by atoms with E-state index in [2.05, 4.69) is 5.32 Å². The van der Waals surface area contributed by atoms with Crippen LogP contribution in [0.5, 0.6) is 0 Å². The number of carbonyl (C=O) groups excluding carboxylic acids is 2. The topological polar surface area (TPSA) is 49.4 Å². The van der Waals surface area contributed by atoms with E-state index < -0.39 is 64.7 Å². The highest BCUT2D eigenvalue weighted by Gasteiger charge is 2.73. The maximum absolute atomic E-state index is 14.4. The van der Waals surface area contributed by atoms with Gasteiger partial charge in [0.05, 0.1) is 44.7 Å². The summed E-state index contributed by atoms with van der Waals surface area (Å²) in [6.45, 7) is 0. The molecule has 4 nitrogen and oxygen atoms in total. The molecule has 220 valence electrons.